The normalized spacial score (nSPS) is 19.6. The van der Waals surface area contributed by atoms with Crippen molar-refractivity contribution in [2.75, 3.05) is 30.5 Å². The van der Waals surface area contributed by atoms with Gasteiger partial charge in [-0.05, 0) is 62.2 Å². The van der Waals surface area contributed by atoms with Crippen LogP contribution in [0.5, 0.6) is 5.75 Å². The number of methoxy groups -OCH3 is 1. The van der Waals surface area contributed by atoms with Crippen LogP contribution in [0.1, 0.15) is 25.8 Å². The highest BCUT2D eigenvalue weighted by molar-refractivity contribution is 5.91. The molecule has 2 aromatic carbocycles. The lowest BCUT2D eigenvalue weighted by Crippen LogP contribution is -2.49. The highest BCUT2D eigenvalue weighted by Gasteiger charge is 2.25. The summed E-state index contributed by atoms with van der Waals surface area (Å²) in [6.07, 6.45) is 1.12. The SMILES string of the molecule is COc1cccc(CCC(=O)Nc2ccc(N3C(C)COCC3C)cc2)c1. The maximum Gasteiger partial charge on any atom is 0.224 e. The highest BCUT2D eigenvalue weighted by Crippen LogP contribution is 2.25. The first kappa shape index (κ1) is 19.2. The summed E-state index contributed by atoms with van der Waals surface area (Å²) >= 11 is 0. The quantitative estimate of drug-likeness (QED) is 0.841. The van der Waals surface area contributed by atoms with E-state index in [9.17, 15) is 4.79 Å². The summed E-state index contributed by atoms with van der Waals surface area (Å²) in [5, 5.41) is 2.98. The van der Waals surface area contributed by atoms with Gasteiger partial charge in [0, 0.05) is 29.9 Å². The molecule has 0 radical (unpaired) electrons. The van der Waals surface area contributed by atoms with Crippen LogP contribution in [0.2, 0.25) is 0 Å². The maximum atomic E-state index is 12.3. The van der Waals surface area contributed by atoms with Crippen molar-refractivity contribution in [3.63, 3.8) is 0 Å². The molecule has 1 amide bonds. The first-order valence-electron chi connectivity index (χ1n) is 9.45. The van der Waals surface area contributed by atoms with Crippen LogP contribution in [0.15, 0.2) is 48.5 Å². The van der Waals surface area contributed by atoms with Crippen LogP contribution >= 0.6 is 0 Å². The Kier molecular flexibility index (Phi) is 6.35. The number of carbonyl (C=O) groups is 1. The van der Waals surface area contributed by atoms with Crippen molar-refractivity contribution in [1.29, 1.82) is 0 Å². The van der Waals surface area contributed by atoms with E-state index in [4.69, 9.17) is 9.47 Å². The Balaban J connectivity index is 1.55. The molecule has 0 spiro atoms. The smallest absolute Gasteiger partial charge is 0.224 e. The van der Waals surface area contributed by atoms with Crippen LogP contribution in [0.25, 0.3) is 0 Å². The minimum Gasteiger partial charge on any atom is -0.497 e. The van der Waals surface area contributed by atoms with E-state index < -0.39 is 0 Å². The number of anilines is 2. The van der Waals surface area contributed by atoms with E-state index in [1.807, 2.05) is 36.4 Å². The molecule has 2 aromatic rings. The van der Waals surface area contributed by atoms with Gasteiger partial charge in [-0.15, -0.1) is 0 Å². The summed E-state index contributed by atoms with van der Waals surface area (Å²) in [5.74, 6) is 0.828. The van der Waals surface area contributed by atoms with E-state index in [0.717, 1.165) is 35.9 Å². The van der Waals surface area contributed by atoms with E-state index in [-0.39, 0.29) is 5.91 Å². The summed E-state index contributed by atoms with van der Waals surface area (Å²) in [6.45, 7) is 5.83. The van der Waals surface area contributed by atoms with Crippen molar-refractivity contribution in [3.05, 3.63) is 54.1 Å². The summed E-state index contributed by atoms with van der Waals surface area (Å²) in [5.41, 5.74) is 3.07. The maximum absolute atomic E-state index is 12.3. The van der Waals surface area contributed by atoms with Gasteiger partial charge in [0.15, 0.2) is 0 Å². The summed E-state index contributed by atoms with van der Waals surface area (Å²) in [6, 6.07) is 16.6. The van der Waals surface area contributed by atoms with Crippen LogP contribution in [0, 0.1) is 0 Å². The van der Waals surface area contributed by atoms with Crippen molar-refractivity contribution in [3.8, 4) is 5.75 Å². The van der Waals surface area contributed by atoms with Crippen molar-refractivity contribution >= 4 is 17.3 Å². The number of aryl methyl sites for hydroxylation is 1. The monoisotopic (exact) mass is 368 g/mol. The van der Waals surface area contributed by atoms with Crippen LogP contribution in [-0.4, -0.2) is 38.3 Å². The van der Waals surface area contributed by atoms with E-state index >= 15 is 0 Å². The average Bonchev–Trinajstić information content (AvgIpc) is 2.68. The van der Waals surface area contributed by atoms with Gasteiger partial charge in [-0.2, -0.15) is 0 Å². The van der Waals surface area contributed by atoms with E-state index in [1.165, 1.54) is 0 Å². The zero-order valence-electron chi connectivity index (χ0n) is 16.3. The summed E-state index contributed by atoms with van der Waals surface area (Å²) in [4.78, 5) is 14.6. The Morgan fingerprint density at radius 3 is 2.52 bits per heavy atom. The molecule has 0 saturated carbocycles. The van der Waals surface area contributed by atoms with Gasteiger partial charge in [0.25, 0.3) is 0 Å². The van der Waals surface area contributed by atoms with Gasteiger partial charge in [-0.25, -0.2) is 0 Å². The molecular formula is C22H28N2O3. The fourth-order valence-electron chi connectivity index (χ4n) is 3.54. The third-order valence-corrected chi connectivity index (χ3v) is 4.89. The predicted molar refractivity (Wildman–Crippen MR) is 109 cm³/mol. The number of morpholine rings is 1. The zero-order valence-corrected chi connectivity index (χ0v) is 16.3. The highest BCUT2D eigenvalue weighted by atomic mass is 16.5. The molecule has 3 rings (SSSR count). The number of carbonyl (C=O) groups excluding carboxylic acids is 1. The fraction of sp³-hybridized carbons (Fsp3) is 0.409. The second kappa shape index (κ2) is 8.91. The molecule has 2 unspecified atom stereocenters. The molecule has 144 valence electrons. The lowest BCUT2D eigenvalue weighted by atomic mass is 10.1. The predicted octanol–water partition coefficient (Wildman–Crippen LogP) is 3.88. The summed E-state index contributed by atoms with van der Waals surface area (Å²) < 4.78 is 10.8. The largest absolute Gasteiger partial charge is 0.497 e. The molecule has 2 atom stereocenters. The van der Waals surface area contributed by atoms with Crippen molar-refractivity contribution < 1.29 is 14.3 Å². The van der Waals surface area contributed by atoms with Crippen LogP contribution in [0.3, 0.4) is 0 Å². The standard InChI is InChI=1S/C22H28N2O3/c1-16-14-27-15-17(2)24(16)20-10-8-19(9-11-20)23-22(25)12-7-18-5-4-6-21(13-18)26-3/h4-6,8-11,13,16-17H,7,12,14-15H2,1-3H3,(H,23,25). The number of ether oxygens (including phenoxy) is 2. The molecule has 0 bridgehead atoms. The minimum absolute atomic E-state index is 0.0127. The van der Waals surface area contributed by atoms with Crippen LogP contribution in [0.4, 0.5) is 11.4 Å². The molecule has 1 heterocycles. The van der Waals surface area contributed by atoms with Gasteiger partial charge in [0.05, 0.1) is 20.3 Å². The van der Waals surface area contributed by atoms with Crippen molar-refractivity contribution in [2.45, 2.75) is 38.8 Å². The van der Waals surface area contributed by atoms with Gasteiger partial charge in [0.1, 0.15) is 5.75 Å². The van der Waals surface area contributed by atoms with Gasteiger partial charge >= 0.3 is 0 Å². The molecule has 1 aliphatic rings. The summed E-state index contributed by atoms with van der Waals surface area (Å²) in [7, 11) is 1.65. The molecule has 1 N–H and O–H groups in total. The van der Waals surface area contributed by atoms with Gasteiger partial charge in [0.2, 0.25) is 5.91 Å². The number of nitrogens with zero attached hydrogens (tertiary/aromatic N) is 1. The van der Waals surface area contributed by atoms with E-state index in [1.54, 1.807) is 7.11 Å². The zero-order chi connectivity index (χ0) is 19.2. The molecule has 0 aromatic heterocycles. The van der Waals surface area contributed by atoms with Crippen molar-refractivity contribution in [1.82, 2.24) is 0 Å². The Bertz CT molecular complexity index is 750. The first-order valence-corrected chi connectivity index (χ1v) is 9.45. The van der Waals surface area contributed by atoms with Crippen LogP contribution < -0.4 is 15.0 Å². The third kappa shape index (κ3) is 5.01. The van der Waals surface area contributed by atoms with E-state index in [0.29, 0.717) is 24.9 Å². The second-order valence-corrected chi connectivity index (χ2v) is 7.09. The molecule has 5 heteroatoms. The minimum atomic E-state index is 0.0127. The topological polar surface area (TPSA) is 50.8 Å². The lowest BCUT2D eigenvalue weighted by molar-refractivity contribution is -0.116. The van der Waals surface area contributed by atoms with Gasteiger partial charge in [-0.3, -0.25) is 4.79 Å². The van der Waals surface area contributed by atoms with Gasteiger partial charge < -0.3 is 19.7 Å². The molecule has 1 fully saturated rings. The van der Waals surface area contributed by atoms with E-state index in [2.05, 4.69) is 36.2 Å². The third-order valence-electron chi connectivity index (χ3n) is 4.89. The number of hydrogen-bond acceptors (Lipinski definition) is 4. The number of rotatable bonds is 6. The molecule has 0 aliphatic carbocycles. The van der Waals surface area contributed by atoms with Crippen molar-refractivity contribution in [2.24, 2.45) is 0 Å². The number of amides is 1. The average molecular weight is 368 g/mol. The Morgan fingerprint density at radius 2 is 1.85 bits per heavy atom. The molecule has 1 aliphatic heterocycles. The lowest BCUT2D eigenvalue weighted by Gasteiger charge is -2.40. The molecule has 27 heavy (non-hydrogen) atoms. The fourth-order valence-corrected chi connectivity index (χ4v) is 3.54. The first-order chi connectivity index (χ1) is 13.1. The van der Waals surface area contributed by atoms with Crippen LogP contribution in [-0.2, 0) is 16.0 Å². The Hall–Kier alpha value is -2.53. The molecule has 1 saturated heterocycles. The second-order valence-electron chi connectivity index (χ2n) is 7.09. The number of benzene rings is 2. The Morgan fingerprint density at radius 1 is 1.15 bits per heavy atom. The molecular weight excluding hydrogens is 340 g/mol. The molecule has 5 nitrogen and oxygen atoms in total. The van der Waals surface area contributed by atoms with Gasteiger partial charge in [-0.1, -0.05) is 12.1 Å². The number of hydrogen-bond donors (Lipinski definition) is 1. The number of nitrogens with one attached hydrogen (secondary N) is 1. The Labute approximate surface area is 161 Å².